The molecule has 11 heteroatoms. The quantitative estimate of drug-likeness (QED) is 0.0263. The van der Waals surface area contributed by atoms with Crippen LogP contribution >= 0.6 is 0 Å². The second kappa shape index (κ2) is 41.8. The van der Waals surface area contributed by atoms with Crippen molar-refractivity contribution < 1.29 is 53.8 Å². The molecule has 4 N–H and O–H groups in total. The fourth-order valence-corrected chi connectivity index (χ4v) is 6.62. The molecule has 362 valence electrons. The van der Waals surface area contributed by atoms with Crippen molar-refractivity contribution >= 4 is 17.9 Å². The molecule has 0 aromatic carbocycles. The van der Waals surface area contributed by atoms with Crippen molar-refractivity contribution in [2.75, 3.05) is 13.2 Å². The van der Waals surface area contributed by atoms with Gasteiger partial charge in [0.25, 0.3) is 0 Å². The van der Waals surface area contributed by atoms with Crippen LogP contribution in [0.2, 0.25) is 0 Å². The lowest BCUT2D eigenvalue weighted by Gasteiger charge is -2.38. The first kappa shape index (κ1) is 58.1. The Morgan fingerprint density at radius 1 is 0.500 bits per heavy atom. The Balaban J connectivity index is 2.38. The molecule has 0 radical (unpaired) electrons. The lowest BCUT2D eigenvalue weighted by atomic mass is 9.99. The highest BCUT2D eigenvalue weighted by atomic mass is 16.7. The fraction of sp³-hybridized carbons (Fsp3) is 0.642. The number of aliphatic carboxylic acids is 1. The van der Waals surface area contributed by atoms with Crippen molar-refractivity contribution in [3.05, 3.63) is 97.2 Å². The number of carbonyl (C=O) groups is 3. The van der Waals surface area contributed by atoms with Gasteiger partial charge in [-0.25, -0.2) is 4.79 Å². The van der Waals surface area contributed by atoms with Crippen molar-refractivity contribution in [1.82, 2.24) is 0 Å². The number of carbonyl (C=O) groups excluding carboxylic acids is 2. The van der Waals surface area contributed by atoms with Gasteiger partial charge >= 0.3 is 17.9 Å². The topological polar surface area (TPSA) is 169 Å². The number of hydrogen-bond acceptors (Lipinski definition) is 10. The second-order valence-electron chi connectivity index (χ2n) is 16.2. The summed E-state index contributed by atoms with van der Waals surface area (Å²) >= 11 is 0. The third-order valence-electron chi connectivity index (χ3n) is 10.4. The van der Waals surface area contributed by atoms with Crippen LogP contribution in [0.5, 0.6) is 0 Å². The number of allylic oxidation sites excluding steroid dienone is 16. The lowest BCUT2D eigenvalue weighted by Crippen LogP contribution is -2.60. The SMILES string of the molecule is CC/C=C\C/C=C\C/C=C\C/C=C\C/C=C\CCCCCC(=O)OCC(COC1OC(C(=O)O)C(O)C(O)C1O)OC(=O)CCCCCCCC/C=C\C/C=C\C/C=C\CCCCC. The number of esters is 2. The smallest absolute Gasteiger partial charge is 0.335 e. The van der Waals surface area contributed by atoms with Crippen LogP contribution < -0.4 is 0 Å². The van der Waals surface area contributed by atoms with E-state index in [9.17, 15) is 34.8 Å². The van der Waals surface area contributed by atoms with E-state index >= 15 is 0 Å². The number of rotatable bonds is 39. The van der Waals surface area contributed by atoms with E-state index in [0.717, 1.165) is 103 Å². The Morgan fingerprint density at radius 2 is 0.922 bits per heavy atom. The first-order chi connectivity index (χ1) is 31.2. The second-order valence-corrected chi connectivity index (χ2v) is 16.2. The van der Waals surface area contributed by atoms with Gasteiger partial charge in [0, 0.05) is 12.8 Å². The highest BCUT2D eigenvalue weighted by Gasteiger charge is 2.47. The minimum Gasteiger partial charge on any atom is -0.479 e. The Morgan fingerprint density at radius 3 is 1.41 bits per heavy atom. The van der Waals surface area contributed by atoms with E-state index in [4.69, 9.17) is 18.9 Å². The maximum Gasteiger partial charge on any atom is 0.335 e. The third kappa shape index (κ3) is 32.7. The molecule has 0 aromatic rings. The van der Waals surface area contributed by atoms with E-state index in [0.29, 0.717) is 12.8 Å². The third-order valence-corrected chi connectivity index (χ3v) is 10.4. The van der Waals surface area contributed by atoms with Crippen LogP contribution in [0.3, 0.4) is 0 Å². The van der Waals surface area contributed by atoms with Crippen LogP contribution in [-0.4, -0.2) is 88.4 Å². The van der Waals surface area contributed by atoms with Crippen LogP contribution in [0.1, 0.15) is 168 Å². The molecule has 0 spiro atoms. The average Bonchev–Trinajstić information content (AvgIpc) is 3.28. The van der Waals surface area contributed by atoms with Crippen molar-refractivity contribution in [1.29, 1.82) is 0 Å². The Kier molecular flexibility index (Phi) is 38.0. The number of carboxylic acids is 1. The molecule has 1 aliphatic heterocycles. The minimum absolute atomic E-state index is 0.155. The van der Waals surface area contributed by atoms with E-state index in [1.807, 2.05) is 0 Å². The molecule has 0 amide bonds. The van der Waals surface area contributed by atoms with Crippen LogP contribution in [0.15, 0.2) is 97.2 Å². The van der Waals surface area contributed by atoms with E-state index in [1.165, 1.54) is 25.7 Å². The van der Waals surface area contributed by atoms with Gasteiger partial charge in [-0.05, 0) is 96.3 Å². The molecule has 64 heavy (non-hydrogen) atoms. The zero-order valence-electron chi connectivity index (χ0n) is 39.2. The number of aliphatic hydroxyl groups excluding tert-OH is 3. The average molecular weight is 897 g/mol. The molecule has 1 heterocycles. The van der Waals surface area contributed by atoms with Crippen molar-refractivity contribution in [3.63, 3.8) is 0 Å². The summed E-state index contributed by atoms with van der Waals surface area (Å²) in [5, 5.41) is 39.9. The summed E-state index contributed by atoms with van der Waals surface area (Å²) < 4.78 is 21.7. The highest BCUT2D eigenvalue weighted by molar-refractivity contribution is 5.73. The van der Waals surface area contributed by atoms with Gasteiger partial charge in [-0.2, -0.15) is 0 Å². The molecule has 1 aliphatic rings. The zero-order chi connectivity index (χ0) is 46.7. The predicted octanol–water partition coefficient (Wildman–Crippen LogP) is 11.2. The number of carboxylic acid groups (broad SMARTS) is 1. The van der Waals surface area contributed by atoms with Crippen LogP contribution in [-0.2, 0) is 33.3 Å². The minimum atomic E-state index is -1.87. The summed E-state index contributed by atoms with van der Waals surface area (Å²) in [6, 6.07) is 0. The molecule has 6 unspecified atom stereocenters. The maximum absolute atomic E-state index is 12.8. The number of hydrogen-bond donors (Lipinski definition) is 4. The summed E-state index contributed by atoms with van der Waals surface area (Å²) in [7, 11) is 0. The Labute approximate surface area is 385 Å². The van der Waals surface area contributed by atoms with Crippen LogP contribution in [0, 0.1) is 0 Å². The number of ether oxygens (including phenoxy) is 4. The van der Waals surface area contributed by atoms with Crippen LogP contribution in [0.25, 0.3) is 0 Å². The molecule has 1 rings (SSSR count). The molecule has 0 bridgehead atoms. The largest absolute Gasteiger partial charge is 0.479 e. The maximum atomic E-state index is 12.8. The number of aliphatic hydroxyl groups is 3. The first-order valence-electron chi connectivity index (χ1n) is 24.3. The van der Waals surface area contributed by atoms with Crippen molar-refractivity contribution in [2.24, 2.45) is 0 Å². The van der Waals surface area contributed by atoms with Gasteiger partial charge in [0.2, 0.25) is 0 Å². The lowest BCUT2D eigenvalue weighted by molar-refractivity contribution is -0.298. The number of unbranched alkanes of at least 4 members (excludes halogenated alkanes) is 12. The molecule has 6 atom stereocenters. The van der Waals surface area contributed by atoms with Crippen molar-refractivity contribution in [3.8, 4) is 0 Å². The first-order valence-corrected chi connectivity index (χ1v) is 24.3. The zero-order valence-corrected chi connectivity index (χ0v) is 39.2. The normalized spacial score (nSPS) is 20.2. The van der Waals surface area contributed by atoms with Crippen LogP contribution in [0.4, 0.5) is 0 Å². The van der Waals surface area contributed by atoms with Gasteiger partial charge in [0.1, 0.15) is 24.9 Å². The van der Waals surface area contributed by atoms with Gasteiger partial charge in [-0.1, -0.05) is 156 Å². The predicted molar refractivity (Wildman–Crippen MR) is 256 cm³/mol. The molecular formula is C53H84O11. The Hall–Kier alpha value is -3.87. The summed E-state index contributed by atoms with van der Waals surface area (Å²) in [6.45, 7) is 3.63. The summed E-state index contributed by atoms with van der Waals surface area (Å²) in [5.74, 6) is -2.52. The summed E-state index contributed by atoms with van der Waals surface area (Å²) in [4.78, 5) is 36.9. The summed E-state index contributed by atoms with van der Waals surface area (Å²) in [6.07, 6.45) is 47.3. The van der Waals surface area contributed by atoms with E-state index in [1.54, 1.807) is 0 Å². The molecule has 0 aromatic heterocycles. The Bertz CT molecular complexity index is 1420. The summed E-state index contributed by atoms with van der Waals surface area (Å²) in [5.41, 5.74) is 0. The molecule has 0 saturated carbocycles. The van der Waals surface area contributed by atoms with E-state index in [-0.39, 0.29) is 19.4 Å². The van der Waals surface area contributed by atoms with Gasteiger partial charge < -0.3 is 39.4 Å². The molecule has 11 nitrogen and oxygen atoms in total. The highest BCUT2D eigenvalue weighted by Crippen LogP contribution is 2.23. The van der Waals surface area contributed by atoms with Gasteiger partial charge in [-0.3, -0.25) is 9.59 Å². The standard InChI is InChI=1S/C53H84O11/c1-3-5-7-9-11-13-15-17-19-21-23-25-27-29-31-33-35-37-39-41-46(54)61-43-45(44-62-53-50(58)48(56)49(57)51(64-53)52(59)60)63-47(55)42-40-38-36-34-32-30-28-26-24-22-20-18-16-14-12-10-8-6-4-2/h5,7,11-14,17-20,23-26,29,31,45,48-51,53,56-58H,3-4,6,8-10,15-16,21-22,27-28,30,32-44H2,1-2H3,(H,59,60)/b7-5-,13-11-,14-12-,19-17-,20-18-,25-23-,26-24-,31-29-. The van der Waals surface area contributed by atoms with Gasteiger partial charge in [0.05, 0.1) is 6.61 Å². The monoisotopic (exact) mass is 897 g/mol. The van der Waals surface area contributed by atoms with Crippen molar-refractivity contribution in [2.45, 2.75) is 205 Å². The molecule has 1 fully saturated rings. The molecule has 1 saturated heterocycles. The van der Waals surface area contributed by atoms with Gasteiger partial charge in [0.15, 0.2) is 18.5 Å². The molecule has 0 aliphatic carbocycles. The van der Waals surface area contributed by atoms with Gasteiger partial charge in [-0.15, -0.1) is 0 Å². The fourth-order valence-electron chi connectivity index (χ4n) is 6.62. The van der Waals surface area contributed by atoms with E-state index < -0.39 is 61.3 Å². The van der Waals surface area contributed by atoms with E-state index in [2.05, 4.69) is 111 Å². The molecular weight excluding hydrogens is 813 g/mol.